The highest BCUT2D eigenvalue weighted by Gasteiger charge is 2.56. The summed E-state index contributed by atoms with van der Waals surface area (Å²) >= 11 is 0. The molecule has 6 fully saturated rings. The minimum absolute atomic E-state index is 0.00901. The van der Waals surface area contributed by atoms with Gasteiger partial charge in [0.15, 0.2) is 6.35 Å². The third-order valence-electron chi connectivity index (χ3n) is 13.7. The number of aliphatic hydroxyl groups excluding tert-OH is 1. The van der Waals surface area contributed by atoms with Crippen molar-refractivity contribution in [3.63, 3.8) is 0 Å². The monoisotopic (exact) mass is 923 g/mol. The van der Waals surface area contributed by atoms with Gasteiger partial charge in [-0.2, -0.15) is 42.0 Å². The number of aliphatic hydroxyl groups is 1. The summed E-state index contributed by atoms with van der Waals surface area (Å²) in [6, 6.07) is -4.99. The number of nitrogens with zero attached hydrogens (tertiary/aromatic N) is 2. The Bertz CT molecular complexity index is 1710. The number of rotatable bonds is 20. The van der Waals surface area contributed by atoms with Crippen molar-refractivity contribution in [1.29, 1.82) is 0 Å². The molecule has 354 valence electrons. The average molecular weight is 924 g/mol. The Hall–Kier alpha value is -2.53. The van der Waals surface area contributed by atoms with Crippen LogP contribution >= 0.6 is 0 Å². The van der Waals surface area contributed by atoms with Crippen LogP contribution in [0.25, 0.3) is 0 Å². The van der Waals surface area contributed by atoms with Crippen molar-refractivity contribution in [2.75, 3.05) is 6.61 Å². The van der Waals surface area contributed by atoms with E-state index in [2.05, 4.69) is 45.8 Å². The maximum Gasteiger partial charge on any atom is 0.333 e. The van der Waals surface area contributed by atoms with Gasteiger partial charge in [0.1, 0.15) is 36.9 Å². The third-order valence-corrected chi connectivity index (χ3v) is 15.9. The van der Waals surface area contributed by atoms with E-state index >= 15 is 0 Å². The van der Waals surface area contributed by atoms with Gasteiger partial charge in [-0.3, -0.25) is 45.5 Å². The lowest BCUT2D eigenvalue weighted by molar-refractivity contribution is -0.143. The van der Waals surface area contributed by atoms with Crippen molar-refractivity contribution in [3.8, 4) is 0 Å². The van der Waals surface area contributed by atoms with Crippen LogP contribution < -0.4 is 37.2 Å². The highest BCUT2D eigenvalue weighted by molar-refractivity contribution is 7.87. The van der Waals surface area contributed by atoms with E-state index in [1.165, 1.54) is 6.42 Å². The molecule has 6 rings (SSSR count). The molecule has 0 amide bonds. The van der Waals surface area contributed by atoms with E-state index in [0.717, 1.165) is 57.8 Å². The van der Waals surface area contributed by atoms with Crippen LogP contribution in [-0.2, 0) is 53.3 Å². The fourth-order valence-corrected chi connectivity index (χ4v) is 12.7. The Kier molecular flexibility index (Phi) is 17.8. The molecule has 23 nitrogen and oxygen atoms in total. The van der Waals surface area contributed by atoms with Gasteiger partial charge in [0.2, 0.25) is 0 Å². The van der Waals surface area contributed by atoms with Crippen molar-refractivity contribution in [1.82, 2.24) is 31.3 Å². The molecular formula is C37H65N9O14S2. The molecule has 62 heavy (non-hydrogen) atoms. The minimum Gasteiger partial charge on any atom is -0.480 e. The van der Waals surface area contributed by atoms with Gasteiger partial charge in [0.25, 0.3) is 23.1 Å². The number of aliphatic carboxylic acids is 1. The summed E-state index contributed by atoms with van der Waals surface area (Å²) in [5.41, 5.74) is 0. The zero-order valence-corrected chi connectivity index (χ0v) is 36.4. The summed E-state index contributed by atoms with van der Waals surface area (Å²) in [4.78, 5) is 34.9. The average Bonchev–Trinajstić information content (AvgIpc) is 3.23. The van der Waals surface area contributed by atoms with Crippen molar-refractivity contribution in [2.24, 2.45) is 39.8 Å². The second kappa shape index (κ2) is 22.6. The first-order chi connectivity index (χ1) is 29.7. The Balaban J connectivity index is 1.26. The topological polar surface area (TPSA) is 340 Å². The van der Waals surface area contributed by atoms with E-state index < -0.39 is 111 Å². The number of carboxylic acids is 1. The van der Waals surface area contributed by atoms with E-state index in [1.54, 1.807) is 0 Å². The van der Waals surface area contributed by atoms with Gasteiger partial charge < -0.3 is 24.4 Å². The van der Waals surface area contributed by atoms with E-state index in [0.29, 0.717) is 18.9 Å². The summed E-state index contributed by atoms with van der Waals surface area (Å²) in [6.45, 7) is 0.991. The number of azo groups is 1. The van der Waals surface area contributed by atoms with Crippen LogP contribution in [0.3, 0.4) is 0 Å². The quantitative estimate of drug-likeness (QED) is 0.0327. The van der Waals surface area contributed by atoms with Crippen molar-refractivity contribution in [3.05, 3.63) is 0 Å². The largest absolute Gasteiger partial charge is 0.480 e. The van der Waals surface area contributed by atoms with Crippen molar-refractivity contribution >= 4 is 39.3 Å². The number of carboxylic acid groups (broad SMARTS) is 1. The number of carbonyl (C=O) groups excluding carboxylic acids is 2. The number of nitrogens with two attached hydrogens (primary N) is 1. The van der Waals surface area contributed by atoms with E-state index in [9.17, 15) is 46.0 Å². The Labute approximate surface area is 362 Å². The maximum absolute atomic E-state index is 13.3. The van der Waals surface area contributed by atoms with Crippen LogP contribution in [0.1, 0.15) is 109 Å². The molecule has 0 bridgehead atoms. The third kappa shape index (κ3) is 13.5. The molecule has 1 saturated heterocycles. The summed E-state index contributed by atoms with van der Waals surface area (Å²) < 4.78 is 84.3. The standard InChI is InChI=1S/C37H65N9O14S2/c38-60-61(52,53)30-12-11-27(31-26(30)17-28(46-62(54,55)56)32(33(31)49)45-44-23-14-24(58-19-47)16-25(15-23)59-20-48)39-35-41-36(40-29(34(50)51)13-21-7-3-1-4-8-21)43-37(42-35)57-18-22-9-5-2-6-10-22/h19-33,35-37,39-43,46,49H,1-18,38H2,(H,50,51)(H,54,55,56). The predicted molar refractivity (Wildman–Crippen MR) is 217 cm³/mol. The molecular weight excluding hydrogens is 859 g/mol. The minimum atomic E-state index is -4.93. The fraction of sp³-hybridized carbons (Fsp3) is 0.919. The normalized spacial score (nSPS) is 37.2. The van der Waals surface area contributed by atoms with Gasteiger partial charge in [-0.1, -0.05) is 51.4 Å². The molecule has 0 aromatic heterocycles. The Morgan fingerprint density at radius 3 is 2.03 bits per heavy atom. The van der Waals surface area contributed by atoms with Crippen molar-refractivity contribution < 1.29 is 64.5 Å². The molecule has 13 atom stereocenters. The van der Waals surface area contributed by atoms with Crippen LogP contribution in [0.15, 0.2) is 10.2 Å². The number of hydrogen-bond acceptors (Lipinski definition) is 20. The Morgan fingerprint density at radius 1 is 0.806 bits per heavy atom. The Morgan fingerprint density at radius 2 is 1.44 bits per heavy atom. The highest BCUT2D eigenvalue weighted by atomic mass is 32.2. The van der Waals surface area contributed by atoms with Crippen LogP contribution in [0.5, 0.6) is 0 Å². The number of carbonyl (C=O) groups is 3. The predicted octanol–water partition coefficient (Wildman–Crippen LogP) is -0.215. The molecule has 5 aliphatic carbocycles. The molecule has 13 unspecified atom stereocenters. The zero-order valence-electron chi connectivity index (χ0n) is 34.7. The molecule has 1 heterocycles. The molecule has 11 N–H and O–H groups in total. The molecule has 0 aromatic carbocycles. The SMILES string of the molecule is NOS(=O)(=O)C1CCC(NC2NC(NC(CC3CCCCC3)C(=O)O)NC(OCC3CCCCC3)N2)C2C(O)C(N=NC3CC(OC=O)CC(OC=O)C3)C(NS(=O)(=O)O)CC21. The first kappa shape index (κ1) is 48.9. The van der Waals surface area contributed by atoms with E-state index in [-0.39, 0.29) is 57.4 Å². The number of nitrogens with one attached hydrogen (secondary N) is 6. The molecule has 5 saturated carbocycles. The van der Waals surface area contributed by atoms with Crippen LogP contribution in [0.4, 0.5) is 0 Å². The number of ether oxygens (including phenoxy) is 3. The maximum atomic E-state index is 13.3. The fourth-order valence-electron chi connectivity index (χ4n) is 10.8. The molecule has 6 aliphatic rings. The number of hydrogen-bond donors (Lipinski definition) is 10. The summed E-state index contributed by atoms with van der Waals surface area (Å²) in [7, 11) is -9.38. The van der Waals surface area contributed by atoms with Gasteiger partial charge in [-0.25, -0.2) is 0 Å². The molecule has 0 radical (unpaired) electrons. The second-order valence-corrected chi connectivity index (χ2v) is 20.8. The van der Waals surface area contributed by atoms with Crippen molar-refractivity contribution in [2.45, 2.75) is 182 Å². The molecule has 0 spiro atoms. The lowest BCUT2D eigenvalue weighted by atomic mass is 9.64. The van der Waals surface area contributed by atoms with Gasteiger partial charge in [0, 0.05) is 31.2 Å². The summed E-state index contributed by atoms with van der Waals surface area (Å²) in [5.74, 6) is 2.93. The first-order valence-electron chi connectivity index (χ1n) is 21.9. The van der Waals surface area contributed by atoms with Gasteiger partial charge in [0.05, 0.1) is 30.0 Å². The van der Waals surface area contributed by atoms with Crippen LogP contribution in [-0.4, -0.2) is 130 Å². The lowest BCUT2D eigenvalue weighted by Crippen LogP contribution is -2.77. The van der Waals surface area contributed by atoms with Crippen LogP contribution in [0.2, 0.25) is 0 Å². The van der Waals surface area contributed by atoms with Gasteiger partial charge >= 0.3 is 16.3 Å². The lowest BCUT2D eigenvalue weighted by Gasteiger charge is -2.52. The van der Waals surface area contributed by atoms with E-state index in [1.807, 2.05) is 0 Å². The summed E-state index contributed by atoms with van der Waals surface area (Å²) in [5, 5.41) is 46.7. The van der Waals surface area contributed by atoms with Gasteiger partial charge in [-0.15, -0.1) is 0 Å². The van der Waals surface area contributed by atoms with Crippen LogP contribution in [0, 0.1) is 23.7 Å². The zero-order chi connectivity index (χ0) is 44.4. The summed E-state index contributed by atoms with van der Waals surface area (Å²) in [6.07, 6.45) is 6.29. The molecule has 25 heteroatoms. The van der Waals surface area contributed by atoms with E-state index in [4.69, 9.17) is 20.1 Å². The first-order valence-corrected chi connectivity index (χ1v) is 24.8. The smallest absolute Gasteiger partial charge is 0.333 e. The molecule has 1 aliphatic heterocycles. The van der Waals surface area contributed by atoms with Gasteiger partial charge in [-0.05, 0) is 56.3 Å². The second-order valence-electron chi connectivity index (χ2n) is 17.8. The molecule has 0 aromatic rings. The number of fused-ring (bicyclic) bond motifs is 1. The highest BCUT2D eigenvalue weighted by Crippen LogP contribution is 2.45.